The van der Waals surface area contributed by atoms with E-state index in [0.29, 0.717) is 0 Å². The van der Waals surface area contributed by atoms with E-state index < -0.39 is 0 Å². The first-order valence-corrected chi connectivity index (χ1v) is 8.66. The van der Waals surface area contributed by atoms with Crippen LogP contribution in [0.3, 0.4) is 0 Å². The lowest BCUT2D eigenvalue weighted by Gasteiger charge is -2.19. The van der Waals surface area contributed by atoms with Crippen LogP contribution in [0.4, 0.5) is 0 Å². The molecule has 0 nitrogen and oxygen atoms in total. The summed E-state index contributed by atoms with van der Waals surface area (Å²) in [6, 6.07) is 8.07. The van der Waals surface area contributed by atoms with Gasteiger partial charge in [0.15, 0.2) is 0 Å². The van der Waals surface area contributed by atoms with Crippen LogP contribution in [0.1, 0.15) is 36.8 Å². The van der Waals surface area contributed by atoms with Crippen LogP contribution in [0.2, 0.25) is 6.04 Å². The molecule has 0 bridgehead atoms. The van der Waals surface area contributed by atoms with Crippen LogP contribution in [-0.4, -0.2) is 9.52 Å². The molecular weight excluding hydrogens is 244 g/mol. The Kier molecular flexibility index (Phi) is 3.74. The summed E-state index contributed by atoms with van der Waals surface area (Å²) in [6.45, 7) is 4.49. The van der Waals surface area contributed by atoms with E-state index in [9.17, 15) is 0 Å². The normalized spacial score (nSPS) is 21.9. The van der Waals surface area contributed by atoms with Crippen molar-refractivity contribution in [3.63, 3.8) is 0 Å². The lowest BCUT2D eigenvalue weighted by molar-refractivity contribution is 0.644. The number of hydrogen-bond donors (Lipinski definition) is 0. The Morgan fingerprint density at radius 1 is 1.16 bits per heavy atom. The van der Waals surface area contributed by atoms with E-state index in [0.717, 1.165) is 15.4 Å². The van der Waals surface area contributed by atoms with Crippen LogP contribution in [0, 0.1) is 19.8 Å². The quantitative estimate of drug-likeness (QED) is 0.722. The van der Waals surface area contributed by atoms with Crippen molar-refractivity contribution in [2.75, 3.05) is 0 Å². The molecule has 0 fully saturated rings. The third kappa shape index (κ3) is 2.62. The molecule has 1 atom stereocenters. The van der Waals surface area contributed by atoms with E-state index in [1.165, 1.54) is 42.9 Å². The van der Waals surface area contributed by atoms with Crippen molar-refractivity contribution in [3.8, 4) is 0 Å². The fourth-order valence-electron chi connectivity index (χ4n) is 3.27. The highest BCUT2D eigenvalue weighted by molar-refractivity contribution is 6.54. The predicted octanol–water partition coefficient (Wildman–Crippen LogP) is 4.11. The molecule has 2 aliphatic carbocycles. The summed E-state index contributed by atoms with van der Waals surface area (Å²) in [5, 5.41) is 1.57. The third-order valence-corrected chi connectivity index (χ3v) is 6.22. The van der Waals surface area contributed by atoms with Crippen LogP contribution in [0.5, 0.6) is 0 Å². The zero-order valence-electron chi connectivity index (χ0n) is 12.0. The standard InChI is InChI=1S/C18H22Si/c1-13-6-5-9-18(14(13)2)19-12-16-11-10-15-7-3-4-8-17(15)16/h5-6,9-11,16H,3-4,7-8,12H2,1-2H3. The molecule has 1 aromatic carbocycles. The van der Waals surface area contributed by atoms with Crippen molar-refractivity contribution in [3.05, 3.63) is 52.6 Å². The van der Waals surface area contributed by atoms with Gasteiger partial charge in [-0.1, -0.05) is 41.1 Å². The van der Waals surface area contributed by atoms with Gasteiger partial charge in [0.25, 0.3) is 0 Å². The van der Waals surface area contributed by atoms with Gasteiger partial charge < -0.3 is 0 Å². The molecule has 3 rings (SSSR count). The number of aryl methyl sites for hydroxylation is 1. The molecule has 1 heteroatoms. The Bertz CT molecular complexity index is 537. The minimum atomic E-state index is 0.744. The Labute approximate surface area is 119 Å². The first kappa shape index (κ1) is 12.9. The van der Waals surface area contributed by atoms with Crippen LogP contribution in [0.25, 0.3) is 0 Å². The molecule has 2 radical (unpaired) electrons. The largest absolute Gasteiger partial charge is 0.0821 e. The predicted molar refractivity (Wildman–Crippen MR) is 84.2 cm³/mol. The molecule has 0 aromatic heterocycles. The summed E-state index contributed by atoms with van der Waals surface area (Å²) in [5.74, 6) is 0.744. The second kappa shape index (κ2) is 5.50. The first-order chi connectivity index (χ1) is 9.25. The Hall–Kier alpha value is -1.08. The van der Waals surface area contributed by atoms with Crippen LogP contribution in [0.15, 0.2) is 41.5 Å². The van der Waals surface area contributed by atoms with Gasteiger partial charge in [-0.25, -0.2) is 0 Å². The Balaban J connectivity index is 1.69. The summed E-state index contributed by atoms with van der Waals surface area (Å²) in [7, 11) is 0.952. The minimum absolute atomic E-state index is 0.744. The van der Waals surface area contributed by atoms with E-state index in [4.69, 9.17) is 0 Å². The van der Waals surface area contributed by atoms with E-state index in [1.807, 2.05) is 0 Å². The van der Waals surface area contributed by atoms with Crippen molar-refractivity contribution < 1.29 is 0 Å². The summed E-state index contributed by atoms with van der Waals surface area (Å²) in [6.07, 6.45) is 10.4. The molecule has 2 aliphatic rings. The average molecular weight is 266 g/mol. The SMILES string of the molecule is Cc1cccc([Si]CC2C=CC3=C2CCCC3)c1C. The maximum Gasteiger partial charge on any atom is 0.0821 e. The van der Waals surface area contributed by atoms with E-state index >= 15 is 0 Å². The highest BCUT2D eigenvalue weighted by Gasteiger charge is 2.22. The molecule has 1 unspecified atom stereocenters. The van der Waals surface area contributed by atoms with Gasteiger partial charge in [-0.2, -0.15) is 0 Å². The van der Waals surface area contributed by atoms with Gasteiger partial charge in [0, 0.05) is 0 Å². The number of allylic oxidation sites excluding steroid dienone is 4. The average Bonchev–Trinajstić information content (AvgIpc) is 2.84. The second-order valence-electron chi connectivity index (χ2n) is 5.85. The lowest BCUT2D eigenvalue weighted by Crippen LogP contribution is -2.20. The second-order valence-corrected chi connectivity index (χ2v) is 7.15. The fourth-order valence-corrected chi connectivity index (χ4v) is 4.77. The smallest absolute Gasteiger partial charge is 0.0773 e. The van der Waals surface area contributed by atoms with Crippen molar-refractivity contribution >= 4 is 14.7 Å². The molecule has 0 N–H and O–H groups in total. The van der Waals surface area contributed by atoms with Gasteiger partial charge in [-0.3, -0.25) is 0 Å². The number of benzene rings is 1. The highest BCUT2D eigenvalue weighted by Crippen LogP contribution is 2.37. The Morgan fingerprint density at radius 3 is 2.89 bits per heavy atom. The van der Waals surface area contributed by atoms with Crippen LogP contribution >= 0.6 is 0 Å². The summed E-state index contributed by atoms with van der Waals surface area (Å²) in [5.41, 5.74) is 6.37. The van der Waals surface area contributed by atoms with Gasteiger partial charge in [-0.05, 0) is 68.2 Å². The molecule has 0 heterocycles. The summed E-state index contributed by atoms with van der Waals surface area (Å²) in [4.78, 5) is 0. The van der Waals surface area contributed by atoms with Crippen molar-refractivity contribution in [1.82, 2.24) is 0 Å². The van der Waals surface area contributed by atoms with Gasteiger partial charge in [-0.15, -0.1) is 0 Å². The first-order valence-electron chi connectivity index (χ1n) is 7.46. The molecular formula is C18H22Si. The fraction of sp³-hybridized carbons (Fsp3) is 0.444. The van der Waals surface area contributed by atoms with Gasteiger partial charge in [0.2, 0.25) is 0 Å². The zero-order chi connectivity index (χ0) is 13.2. The zero-order valence-corrected chi connectivity index (χ0v) is 13.0. The van der Waals surface area contributed by atoms with E-state index in [-0.39, 0.29) is 0 Å². The molecule has 98 valence electrons. The molecule has 1 aromatic rings. The molecule has 19 heavy (non-hydrogen) atoms. The maximum absolute atomic E-state index is 2.47. The van der Waals surface area contributed by atoms with E-state index in [2.05, 4.69) is 44.2 Å². The molecule has 0 aliphatic heterocycles. The van der Waals surface area contributed by atoms with Crippen molar-refractivity contribution in [2.45, 2.75) is 45.6 Å². The minimum Gasteiger partial charge on any atom is -0.0773 e. The molecule has 0 saturated heterocycles. The molecule has 0 spiro atoms. The maximum atomic E-state index is 2.47. The van der Waals surface area contributed by atoms with Crippen LogP contribution < -0.4 is 5.19 Å². The third-order valence-electron chi connectivity index (χ3n) is 4.65. The lowest BCUT2D eigenvalue weighted by atomic mass is 9.89. The number of hydrogen-bond acceptors (Lipinski definition) is 0. The topological polar surface area (TPSA) is 0 Å². The summed E-state index contributed by atoms with van der Waals surface area (Å²) >= 11 is 0. The van der Waals surface area contributed by atoms with E-state index in [1.54, 1.807) is 16.3 Å². The van der Waals surface area contributed by atoms with Gasteiger partial charge in [0.05, 0.1) is 9.52 Å². The Morgan fingerprint density at radius 2 is 2.00 bits per heavy atom. The van der Waals surface area contributed by atoms with Crippen LogP contribution in [-0.2, 0) is 0 Å². The van der Waals surface area contributed by atoms with Gasteiger partial charge in [0.1, 0.15) is 0 Å². The monoisotopic (exact) mass is 266 g/mol. The van der Waals surface area contributed by atoms with Gasteiger partial charge >= 0.3 is 0 Å². The number of rotatable bonds is 3. The summed E-state index contributed by atoms with van der Waals surface area (Å²) < 4.78 is 0. The van der Waals surface area contributed by atoms with Crippen molar-refractivity contribution in [2.24, 2.45) is 5.92 Å². The van der Waals surface area contributed by atoms with Crippen molar-refractivity contribution in [1.29, 1.82) is 0 Å². The molecule has 0 saturated carbocycles. The highest BCUT2D eigenvalue weighted by atomic mass is 28.2. The molecule has 0 amide bonds.